The average molecular weight is 589 g/mol. The van der Waals surface area contributed by atoms with Crippen LogP contribution in [0, 0.1) is 0 Å². The number of hydrogen-bond donors (Lipinski definition) is 0. The van der Waals surface area contributed by atoms with E-state index in [9.17, 15) is 0 Å². The van der Waals surface area contributed by atoms with Crippen molar-refractivity contribution in [3.05, 3.63) is 146 Å². The van der Waals surface area contributed by atoms with E-state index in [-0.39, 0.29) is 0 Å². The number of hydrogen-bond acceptors (Lipinski definition) is 4. The van der Waals surface area contributed by atoms with Gasteiger partial charge in [0.25, 0.3) is 0 Å². The minimum Gasteiger partial charge on any atom is -0.293 e. The summed E-state index contributed by atoms with van der Waals surface area (Å²) in [6.07, 6.45) is 7.29. The van der Waals surface area contributed by atoms with E-state index in [4.69, 9.17) is 19.9 Å². The lowest BCUT2D eigenvalue weighted by Gasteiger charge is -2.22. The van der Waals surface area contributed by atoms with E-state index in [0.29, 0.717) is 0 Å². The average Bonchev–Trinajstić information content (AvgIpc) is 3.64. The van der Waals surface area contributed by atoms with Crippen LogP contribution < -0.4 is 0 Å². The number of para-hydroxylation sites is 1. The summed E-state index contributed by atoms with van der Waals surface area (Å²) in [5.41, 5.74) is 15.5. The molecule has 0 N–H and O–H groups in total. The molecule has 0 saturated carbocycles. The highest BCUT2D eigenvalue weighted by atomic mass is 15.2. The molecule has 5 heterocycles. The normalized spacial score (nSPS) is 11.9. The van der Waals surface area contributed by atoms with E-state index in [2.05, 4.69) is 118 Å². The number of benzene rings is 4. The third-order valence-electron chi connectivity index (χ3n) is 9.09. The minimum atomic E-state index is 0.884. The molecule has 1 aliphatic rings. The van der Waals surface area contributed by atoms with Crippen molar-refractivity contribution < 1.29 is 0 Å². The van der Waals surface area contributed by atoms with Crippen LogP contribution in [0.5, 0.6) is 0 Å². The Hall–Kier alpha value is -6.40. The molecule has 6 nitrogen and oxygen atoms in total. The Morgan fingerprint density at radius 2 is 0.891 bits per heavy atom. The van der Waals surface area contributed by atoms with Crippen LogP contribution in [0.15, 0.2) is 146 Å². The minimum absolute atomic E-state index is 0.884. The Morgan fingerprint density at radius 3 is 1.52 bits per heavy atom. The van der Waals surface area contributed by atoms with Crippen molar-refractivity contribution >= 4 is 33.1 Å². The summed E-state index contributed by atoms with van der Waals surface area (Å²) < 4.78 is 4.65. The van der Waals surface area contributed by atoms with E-state index in [0.717, 1.165) is 89.2 Å². The van der Waals surface area contributed by atoms with Gasteiger partial charge in [-0.15, -0.1) is 0 Å². The second kappa shape index (κ2) is 9.55. The Kier molecular flexibility index (Phi) is 5.19. The molecule has 0 radical (unpaired) electrons. The summed E-state index contributed by atoms with van der Waals surface area (Å²) in [4.78, 5) is 19.5. The molecular weight excluding hydrogens is 564 g/mol. The zero-order valence-corrected chi connectivity index (χ0v) is 24.5. The van der Waals surface area contributed by atoms with Crippen LogP contribution in [0.3, 0.4) is 0 Å². The molecule has 0 spiro atoms. The van der Waals surface area contributed by atoms with Crippen LogP contribution in [0.2, 0.25) is 0 Å². The molecule has 46 heavy (non-hydrogen) atoms. The van der Waals surface area contributed by atoms with Crippen molar-refractivity contribution in [3.63, 3.8) is 0 Å². The first-order valence-electron chi connectivity index (χ1n) is 15.3. The second-order valence-electron chi connectivity index (χ2n) is 11.5. The second-order valence-corrected chi connectivity index (χ2v) is 11.5. The van der Waals surface area contributed by atoms with E-state index in [1.807, 2.05) is 24.5 Å². The molecule has 9 aromatic rings. The largest absolute Gasteiger partial charge is 0.293 e. The molecule has 0 unspecified atom stereocenters. The summed E-state index contributed by atoms with van der Waals surface area (Å²) in [5, 5.41) is 1.04. The van der Waals surface area contributed by atoms with Gasteiger partial charge in [-0.25, -0.2) is 0 Å². The molecule has 0 bridgehead atoms. The van der Waals surface area contributed by atoms with Gasteiger partial charge in [0.2, 0.25) is 0 Å². The summed E-state index contributed by atoms with van der Waals surface area (Å²) in [6.45, 7) is 0. The molecule has 5 aromatic heterocycles. The van der Waals surface area contributed by atoms with Gasteiger partial charge in [-0.1, -0.05) is 72.8 Å². The van der Waals surface area contributed by atoms with Crippen LogP contribution in [0.1, 0.15) is 0 Å². The first kappa shape index (κ1) is 25.0. The highest BCUT2D eigenvalue weighted by molar-refractivity contribution is 6.20. The van der Waals surface area contributed by atoms with E-state index < -0.39 is 0 Å². The molecular formula is C40H24N6. The maximum absolute atomic E-state index is 4.93. The third-order valence-corrected chi connectivity index (χ3v) is 9.09. The fraction of sp³-hybridized carbons (Fsp3) is 0. The van der Waals surface area contributed by atoms with Crippen molar-refractivity contribution in [1.29, 1.82) is 0 Å². The molecule has 1 aliphatic carbocycles. The number of pyridine rings is 2. The molecule has 4 aromatic carbocycles. The van der Waals surface area contributed by atoms with Crippen molar-refractivity contribution in [1.82, 2.24) is 29.1 Å². The topological polar surface area (TPSA) is 61.4 Å². The van der Waals surface area contributed by atoms with Crippen molar-refractivity contribution in [2.24, 2.45) is 0 Å². The summed E-state index contributed by atoms with van der Waals surface area (Å²) in [7, 11) is 0. The molecule has 0 fully saturated rings. The Morgan fingerprint density at radius 1 is 0.370 bits per heavy atom. The van der Waals surface area contributed by atoms with E-state index in [1.54, 1.807) is 12.4 Å². The molecule has 0 atom stereocenters. The van der Waals surface area contributed by atoms with Gasteiger partial charge >= 0.3 is 0 Å². The quantitative estimate of drug-likeness (QED) is 0.202. The molecule has 214 valence electrons. The maximum atomic E-state index is 4.93. The van der Waals surface area contributed by atoms with Gasteiger partial charge in [-0.05, 0) is 70.8 Å². The van der Waals surface area contributed by atoms with Gasteiger partial charge in [-0.3, -0.25) is 29.1 Å². The molecule has 0 aliphatic heterocycles. The predicted molar refractivity (Wildman–Crippen MR) is 184 cm³/mol. The first-order valence-corrected chi connectivity index (χ1v) is 15.3. The monoisotopic (exact) mass is 588 g/mol. The highest BCUT2D eigenvalue weighted by Gasteiger charge is 2.26. The number of aromatic nitrogens is 6. The number of rotatable bonds is 2. The molecule has 6 heteroatoms. The van der Waals surface area contributed by atoms with E-state index in [1.165, 1.54) is 0 Å². The van der Waals surface area contributed by atoms with Crippen molar-refractivity contribution in [2.45, 2.75) is 0 Å². The number of nitrogens with zero attached hydrogens (tertiary/aromatic N) is 6. The van der Waals surface area contributed by atoms with Crippen LogP contribution in [0.4, 0.5) is 0 Å². The first-order chi connectivity index (χ1) is 22.9. The predicted octanol–water partition coefficient (Wildman–Crippen LogP) is 9.29. The van der Waals surface area contributed by atoms with Gasteiger partial charge in [0.05, 0.1) is 27.8 Å². The Labute approximate surface area is 263 Å². The SMILES string of the molecule is c1ccc(-n2c3cccnc3c3c4ncccc4n(-c4ccc5c(c4)-c4ccccc4-c4nccnc4-c4ccccc4-5)c32)cc1. The lowest BCUT2D eigenvalue weighted by molar-refractivity contribution is 1.07. The maximum Gasteiger partial charge on any atom is 0.134 e. The summed E-state index contributed by atoms with van der Waals surface area (Å²) >= 11 is 0. The smallest absolute Gasteiger partial charge is 0.134 e. The third kappa shape index (κ3) is 3.41. The summed E-state index contributed by atoms with van der Waals surface area (Å²) in [5.74, 6) is 0. The van der Waals surface area contributed by atoms with Crippen LogP contribution >= 0.6 is 0 Å². The van der Waals surface area contributed by atoms with Gasteiger partial charge in [0.15, 0.2) is 0 Å². The lowest BCUT2D eigenvalue weighted by atomic mass is 9.84. The van der Waals surface area contributed by atoms with Crippen LogP contribution in [-0.4, -0.2) is 29.1 Å². The van der Waals surface area contributed by atoms with Crippen molar-refractivity contribution in [2.75, 3.05) is 0 Å². The Balaban J connectivity index is 1.35. The van der Waals surface area contributed by atoms with Gasteiger partial charge in [0.1, 0.15) is 16.7 Å². The highest BCUT2D eigenvalue weighted by Crippen LogP contribution is 2.47. The van der Waals surface area contributed by atoms with Crippen LogP contribution in [0.25, 0.3) is 89.2 Å². The van der Waals surface area contributed by atoms with Gasteiger partial charge in [-0.2, -0.15) is 0 Å². The zero-order valence-electron chi connectivity index (χ0n) is 24.5. The van der Waals surface area contributed by atoms with E-state index >= 15 is 0 Å². The van der Waals surface area contributed by atoms with Crippen molar-refractivity contribution in [3.8, 4) is 56.1 Å². The van der Waals surface area contributed by atoms with Gasteiger partial charge < -0.3 is 0 Å². The molecule has 0 amide bonds. The van der Waals surface area contributed by atoms with Crippen LogP contribution in [-0.2, 0) is 0 Å². The fourth-order valence-corrected chi connectivity index (χ4v) is 7.23. The zero-order chi connectivity index (χ0) is 30.2. The summed E-state index contributed by atoms with van der Waals surface area (Å²) in [6, 6.07) is 42.6. The van der Waals surface area contributed by atoms with Gasteiger partial charge in [0, 0.05) is 47.3 Å². The fourth-order valence-electron chi connectivity index (χ4n) is 7.23. The number of fused-ring (bicyclic) bond motifs is 13. The Bertz CT molecular complexity index is 2640. The molecule has 10 rings (SSSR count). The standard InChI is InChI=1S/C40H24N6/c1-2-10-25(11-3-1)45-33-16-8-20-41-38(33)35-39-34(17-9-21-42-39)46(40(35)45)26-18-19-29-27-12-4-6-14-30(27)36-37(44-23-22-43-36)31-15-7-5-13-28(31)32(29)24-26/h1-24H. The molecule has 0 saturated heterocycles. The lowest BCUT2D eigenvalue weighted by Crippen LogP contribution is -2.04.